The molecule has 5 heteroatoms. The van der Waals surface area contributed by atoms with Gasteiger partial charge in [-0.1, -0.05) is 26.1 Å². The molecule has 0 fully saturated rings. The molecule has 0 aliphatic heterocycles. The largest absolute Gasteiger partial charge is 0.393 e. The van der Waals surface area contributed by atoms with E-state index >= 15 is 0 Å². The quantitative estimate of drug-likeness (QED) is 0.810. The smallest absolute Gasteiger partial charge is 0.347 e. The predicted octanol–water partition coefficient (Wildman–Crippen LogP) is 1.64. The number of aryl methyl sites for hydroxylation is 2. The molecule has 1 aromatic rings. The van der Waals surface area contributed by atoms with Crippen molar-refractivity contribution in [2.75, 3.05) is 0 Å². The van der Waals surface area contributed by atoms with Crippen LogP contribution in [0.5, 0.6) is 0 Å². The summed E-state index contributed by atoms with van der Waals surface area (Å²) in [5.74, 6) is 0. The van der Waals surface area contributed by atoms with Crippen LogP contribution in [0.2, 0.25) is 0 Å². The molecule has 0 aromatic carbocycles. The molecule has 0 aliphatic rings. The van der Waals surface area contributed by atoms with Crippen LogP contribution in [-0.4, -0.2) is 14.5 Å². The first-order valence-electron chi connectivity index (χ1n) is 5.67. The monoisotopic (exact) mass is 253 g/mol. The molecule has 0 amide bonds. The van der Waals surface area contributed by atoms with Gasteiger partial charge in [0.05, 0.1) is 4.99 Å². The molecule has 1 heterocycles. The molecule has 0 radical (unpaired) electrons. The average Bonchev–Trinajstić information content (AvgIpc) is 2.21. The van der Waals surface area contributed by atoms with Crippen LogP contribution >= 0.6 is 12.2 Å². The van der Waals surface area contributed by atoms with Crippen LogP contribution in [-0.2, 0) is 6.54 Å². The summed E-state index contributed by atoms with van der Waals surface area (Å²) >= 11 is 5.00. The van der Waals surface area contributed by atoms with Crippen molar-refractivity contribution in [1.82, 2.24) is 9.55 Å². The molecule has 2 N–H and O–H groups in total. The topological polar surface area (TPSA) is 60.9 Å². The Morgan fingerprint density at radius 2 is 2.24 bits per heavy atom. The zero-order valence-corrected chi connectivity index (χ0v) is 11.4. The summed E-state index contributed by atoms with van der Waals surface area (Å²) < 4.78 is 1.61. The van der Waals surface area contributed by atoms with Gasteiger partial charge in [0.1, 0.15) is 0 Å². The second kappa shape index (κ2) is 5.40. The van der Waals surface area contributed by atoms with Crippen molar-refractivity contribution in [3.05, 3.63) is 28.4 Å². The highest BCUT2D eigenvalue weighted by Crippen LogP contribution is 2.22. The van der Waals surface area contributed by atoms with E-state index in [2.05, 4.69) is 4.98 Å². The van der Waals surface area contributed by atoms with Crippen molar-refractivity contribution in [2.45, 2.75) is 40.2 Å². The van der Waals surface area contributed by atoms with Gasteiger partial charge >= 0.3 is 5.69 Å². The van der Waals surface area contributed by atoms with Gasteiger partial charge in [-0.2, -0.15) is 4.98 Å². The Labute approximate surface area is 107 Å². The minimum Gasteiger partial charge on any atom is -0.393 e. The Kier molecular flexibility index (Phi) is 4.40. The lowest BCUT2D eigenvalue weighted by molar-refractivity contribution is 0.431. The third kappa shape index (κ3) is 3.93. The summed E-state index contributed by atoms with van der Waals surface area (Å²) in [5.41, 5.74) is 6.04. The molecule has 0 spiro atoms. The number of hydrogen-bond acceptors (Lipinski definition) is 3. The molecule has 0 atom stereocenters. The zero-order valence-electron chi connectivity index (χ0n) is 10.6. The standard InChI is InChI=1S/C12H19N3OS/c1-9-5-8-15(11(16)14-9)7-4-6-12(2,3)10(13)17/h5,8H,4,6-7H2,1-3H3,(H2,13,17). The Morgan fingerprint density at radius 3 is 2.76 bits per heavy atom. The molecular weight excluding hydrogens is 234 g/mol. The number of rotatable bonds is 5. The second-order valence-corrected chi connectivity index (χ2v) is 5.34. The molecule has 1 aromatic heterocycles. The first kappa shape index (κ1) is 13.8. The van der Waals surface area contributed by atoms with Crippen LogP contribution in [0.1, 0.15) is 32.4 Å². The van der Waals surface area contributed by atoms with Crippen LogP contribution in [0, 0.1) is 12.3 Å². The summed E-state index contributed by atoms with van der Waals surface area (Å²) in [6, 6.07) is 1.83. The SMILES string of the molecule is Cc1ccn(CCCC(C)(C)C(N)=S)c(=O)n1. The van der Waals surface area contributed by atoms with Crippen molar-refractivity contribution in [3.8, 4) is 0 Å². The third-order valence-corrected chi connectivity index (χ3v) is 3.43. The van der Waals surface area contributed by atoms with E-state index in [1.54, 1.807) is 10.8 Å². The van der Waals surface area contributed by atoms with Gasteiger partial charge in [-0.3, -0.25) is 4.57 Å². The summed E-state index contributed by atoms with van der Waals surface area (Å²) in [4.78, 5) is 15.9. The molecule has 0 saturated heterocycles. The van der Waals surface area contributed by atoms with Crippen molar-refractivity contribution in [3.63, 3.8) is 0 Å². The molecule has 4 nitrogen and oxygen atoms in total. The van der Waals surface area contributed by atoms with Gasteiger partial charge in [-0.15, -0.1) is 0 Å². The van der Waals surface area contributed by atoms with Gasteiger partial charge in [-0.25, -0.2) is 4.79 Å². The van der Waals surface area contributed by atoms with Gasteiger partial charge < -0.3 is 5.73 Å². The number of thiocarbonyl (C=S) groups is 1. The first-order chi connectivity index (χ1) is 7.83. The molecule has 1 rings (SSSR count). The van der Waals surface area contributed by atoms with Crippen LogP contribution in [0.3, 0.4) is 0 Å². The van der Waals surface area contributed by atoms with Crippen LogP contribution < -0.4 is 11.4 Å². The second-order valence-electron chi connectivity index (χ2n) is 4.90. The maximum Gasteiger partial charge on any atom is 0.347 e. The van der Waals surface area contributed by atoms with E-state index < -0.39 is 0 Å². The maximum atomic E-state index is 11.5. The molecule has 17 heavy (non-hydrogen) atoms. The van der Waals surface area contributed by atoms with E-state index in [4.69, 9.17) is 18.0 Å². The molecular formula is C12H19N3OS. The fraction of sp³-hybridized carbons (Fsp3) is 0.583. The number of aromatic nitrogens is 2. The minimum absolute atomic E-state index is 0.156. The molecule has 0 saturated carbocycles. The lowest BCUT2D eigenvalue weighted by Gasteiger charge is -2.22. The van der Waals surface area contributed by atoms with E-state index in [1.807, 2.05) is 26.8 Å². The minimum atomic E-state index is -0.196. The lowest BCUT2D eigenvalue weighted by atomic mass is 9.88. The zero-order chi connectivity index (χ0) is 13.1. The number of nitrogens with zero attached hydrogens (tertiary/aromatic N) is 2. The Hall–Kier alpha value is -1.23. The van der Waals surface area contributed by atoms with Gasteiger partial charge in [-0.05, 0) is 25.8 Å². The summed E-state index contributed by atoms with van der Waals surface area (Å²) in [7, 11) is 0. The average molecular weight is 253 g/mol. The van der Waals surface area contributed by atoms with Gasteiger partial charge in [0, 0.05) is 23.9 Å². The van der Waals surface area contributed by atoms with Gasteiger partial charge in [0.2, 0.25) is 0 Å². The van der Waals surface area contributed by atoms with Crippen molar-refractivity contribution in [2.24, 2.45) is 11.1 Å². The maximum absolute atomic E-state index is 11.5. The molecule has 0 aliphatic carbocycles. The van der Waals surface area contributed by atoms with Gasteiger partial charge in [0.15, 0.2) is 0 Å². The number of nitrogens with two attached hydrogens (primary N) is 1. The molecule has 0 unspecified atom stereocenters. The normalized spacial score (nSPS) is 11.5. The summed E-state index contributed by atoms with van der Waals surface area (Å²) in [6.45, 7) is 6.50. The first-order valence-corrected chi connectivity index (χ1v) is 6.08. The van der Waals surface area contributed by atoms with Crippen LogP contribution in [0.4, 0.5) is 0 Å². The predicted molar refractivity (Wildman–Crippen MR) is 73.0 cm³/mol. The summed E-state index contributed by atoms with van der Waals surface area (Å²) in [5, 5.41) is 0. The van der Waals surface area contributed by atoms with E-state index in [1.165, 1.54) is 0 Å². The van der Waals surface area contributed by atoms with Crippen LogP contribution in [0.25, 0.3) is 0 Å². The fourth-order valence-corrected chi connectivity index (χ4v) is 1.60. The third-order valence-electron chi connectivity index (χ3n) is 2.88. The summed E-state index contributed by atoms with van der Waals surface area (Å²) in [6.07, 6.45) is 3.50. The van der Waals surface area contributed by atoms with Crippen LogP contribution in [0.15, 0.2) is 17.1 Å². The lowest BCUT2D eigenvalue weighted by Crippen LogP contribution is -2.30. The van der Waals surface area contributed by atoms with E-state index in [9.17, 15) is 4.79 Å². The fourth-order valence-electron chi connectivity index (χ4n) is 1.50. The van der Waals surface area contributed by atoms with Crippen molar-refractivity contribution in [1.29, 1.82) is 0 Å². The Balaban J connectivity index is 2.58. The van der Waals surface area contributed by atoms with Gasteiger partial charge in [0.25, 0.3) is 0 Å². The molecule has 0 bridgehead atoms. The van der Waals surface area contributed by atoms with E-state index in [-0.39, 0.29) is 11.1 Å². The Bertz CT molecular complexity index is 465. The number of hydrogen-bond donors (Lipinski definition) is 1. The van der Waals surface area contributed by atoms with E-state index in [0.717, 1.165) is 18.5 Å². The highest BCUT2D eigenvalue weighted by Gasteiger charge is 2.20. The van der Waals surface area contributed by atoms with Crippen molar-refractivity contribution < 1.29 is 0 Å². The molecule has 94 valence electrons. The Morgan fingerprint density at radius 1 is 1.59 bits per heavy atom. The van der Waals surface area contributed by atoms with Crippen molar-refractivity contribution >= 4 is 17.2 Å². The highest BCUT2D eigenvalue weighted by molar-refractivity contribution is 7.80. The van der Waals surface area contributed by atoms with E-state index in [0.29, 0.717) is 11.5 Å². The highest BCUT2D eigenvalue weighted by atomic mass is 32.1.